The molecule has 0 spiro atoms. The molecule has 4 aromatic rings. The van der Waals surface area contributed by atoms with E-state index in [9.17, 15) is 0 Å². The van der Waals surface area contributed by atoms with E-state index in [1.54, 1.807) is 5.57 Å². The maximum Gasteiger partial charge on any atom is 0.0413 e. The number of para-hydroxylation sites is 2. The predicted octanol–water partition coefficient (Wildman–Crippen LogP) is 8.83. The molecular formula is C33H31N. The van der Waals surface area contributed by atoms with Crippen molar-refractivity contribution < 1.29 is 0 Å². The summed E-state index contributed by atoms with van der Waals surface area (Å²) in [5, 5.41) is 0. The van der Waals surface area contributed by atoms with Crippen LogP contribution in [0.1, 0.15) is 36.8 Å². The Kier molecular flexibility index (Phi) is 7.01. The van der Waals surface area contributed by atoms with Crippen LogP contribution in [0.15, 0.2) is 139 Å². The zero-order valence-electron chi connectivity index (χ0n) is 19.6. The monoisotopic (exact) mass is 441 g/mol. The second-order valence-corrected chi connectivity index (χ2v) is 8.91. The van der Waals surface area contributed by atoms with Gasteiger partial charge in [-0.15, -0.1) is 0 Å². The fourth-order valence-corrected chi connectivity index (χ4v) is 4.94. The number of anilines is 2. The van der Waals surface area contributed by atoms with Gasteiger partial charge in [0.15, 0.2) is 0 Å². The molecule has 1 nitrogen and oxygen atoms in total. The number of hydrogen-bond donors (Lipinski definition) is 0. The third-order valence-corrected chi connectivity index (χ3v) is 6.69. The van der Waals surface area contributed by atoms with Crippen LogP contribution in [-0.4, -0.2) is 6.04 Å². The Morgan fingerprint density at radius 3 is 1.41 bits per heavy atom. The quantitative estimate of drug-likeness (QED) is 0.289. The van der Waals surface area contributed by atoms with Crippen molar-refractivity contribution in [3.8, 4) is 0 Å². The average Bonchev–Trinajstić information content (AvgIpc) is 2.92. The maximum atomic E-state index is 2.53. The lowest BCUT2D eigenvalue weighted by Gasteiger charge is -2.37. The first kappa shape index (κ1) is 22.0. The minimum absolute atomic E-state index is 0.508. The van der Waals surface area contributed by atoms with E-state index < -0.39 is 0 Å². The molecule has 1 aliphatic rings. The maximum absolute atomic E-state index is 2.53. The van der Waals surface area contributed by atoms with Crippen LogP contribution < -0.4 is 4.90 Å². The number of benzene rings is 4. The minimum Gasteiger partial charge on any atom is -0.338 e. The van der Waals surface area contributed by atoms with Crippen molar-refractivity contribution in [1.82, 2.24) is 0 Å². The van der Waals surface area contributed by atoms with E-state index in [1.807, 2.05) is 0 Å². The molecule has 1 fully saturated rings. The van der Waals surface area contributed by atoms with Crippen molar-refractivity contribution >= 4 is 16.9 Å². The molecular weight excluding hydrogens is 410 g/mol. The van der Waals surface area contributed by atoms with Gasteiger partial charge in [-0.05, 0) is 66.6 Å². The summed E-state index contributed by atoms with van der Waals surface area (Å²) >= 11 is 0. The molecule has 0 unspecified atom stereocenters. The molecule has 5 rings (SSSR count). The van der Waals surface area contributed by atoms with Crippen LogP contribution in [0, 0.1) is 0 Å². The third kappa shape index (κ3) is 5.21. The minimum atomic E-state index is 0.508. The molecule has 1 heteroatoms. The number of hydrogen-bond acceptors (Lipinski definition) is 1. The van der Waals surface area contributed by atoms with Gasteiger partial charge in [0.2, 0.25) is 0 Å². The summed E-state index contributed by atoms with van der Waals surface area (Å²) < 4.78 is 0. The molecule has 0 saturated heterocycles. The van der Waals surface area contributed by atoms with Crippen LogP contribution in [0.5, 0.6) is 0 Å². The smallest absolute Gasteiger partial charge is 0.0413 e. The second kappa shape index (κ2) is 10.9. The molecule has 34 heavy (non-hydrogen) atoms. The lowest BCUT2D eigenvalue weighted by Crippen LogP contribution is -2.33. The average molecular weight is 442 g/mol. The number of allylic oxidation sites excluding steroid dienone is 3. The molecule has 0 bridgehead atoms. The van der Waals surface area contributed by atoms with E-state index in [0.717, 1.165) is 25.7 Å². The Bertz CT molecular complexity index is 1130. The Morgan fingerprint density at radius 1 is 0.559 bits per heavy atom. The molecule has 0 heterocycles. The van der Waals surface area contributed by atoms with Gasteiger partial charge in [-0.2, -0.15) is 0 Å². The number of rotatable bonds is 6. The van der Waals surface area contributed by atoms with Gasteiger partial charge >= 0.3 is 0 Å². The Balaban J connectivity index is 1.37. The Labute approximate surface area is 203 Å². The Hall–Kier alpha value is -3.84. The molecule has 168 valence electrons. The highest BCUT2D eigenvalue weighted by atomic mass is 15.2. The first-order valence-electron chi connectivity index (χ1n) is 12.3. The standard InChI is InChI=1S/C33H31N/c1-5-13-28(14-6-1)33(29-15-7-2-8-16-29)26-23-27-21-24-32(25-22-27)34(30-17-9-3-10-18-30)31-19-11-4-12-20-31/h1-20,23,26,32H,21-22,24-25H2. The molecule has 0 atom stereocenters. The molecule has 0 N–H and O–H groups in total. The molecule has 1 saturated carbocycles. The lowest BCUT2D eigenvalue weighted by atomic mass is 9.88. The van der Waals surface area contributed by atoms with Crippen LogP contribution in [0.3, 0.4) is 0 Å². The highest BCUT2D eigenvalue weighted by Crippen LogP contribution is 2.36. The van der Waals surface area contributed by atoms with Gasteiger partial charge in [0.25, 0.3) is 0 Å². The van der Waals surface area contributed by atoms with Crippen LogP contribution >= 0.6 is 0 Å². The predicted molar refractivity (Wildman–Crippen MR) is 145 cm³/mol. The van der Waals surface area contributed by atoms with Crippen molar-refractivity contribution in [1.29, 1.82) is 0 Å². The molecule has 1 aliphatic carbocycles. The fraction of sp³-hybridized carbons (Fsp3) is 0.152. The summed E-state index contributed by atoms with van der Waals surface area (Å²) in [6.45, 7) is 0. The summed E-state index contributed by atoms with van der Waals surface area (Å²) in [6, 6.07) is 43.6. The van der Waals surface area contributed by atoms with E-state index in [4.69, 9.17) is 0 Å². The van der Waals surface area contributed by atoms with Gasteiger partial charge in [0.1, 0.15) is 0 Å². The first-order valence-corrected chi connectivity index (χ1v) is 12.3. The first-order chi connectivity index (χ1) is 16.9. The van der Waals surface area contributed by atoms with Crippen LogP contribution in [0.2, 0.25) is 0 Å². The zero-order valence-corrected chi connectivity index (χ0v) is 19.6. The number of nitrogens with zero attached hydrogens (tertiary/aromatic N) is 1. The van der Waals surface area contributed by atoms with Gasteiger partial charge in [-0.1, -0.05) is 115 Å². The second-order valence-electron chi connectivity index (χ2n) is 8.91. The molecule has 0 amide bonds. The lowest BCUT2D eigenvalue weighted by molar-refractivity contribution is 0.502. The summed E-state index contributed by atoms with van der Waals surface area (Å²) in [5.41, 5.74) is 7.91. The van der Waals surface area contributed by atoms with Crippen molar-refractivity contribution in [3.05, 3.63) is 150 Å². The fourth-order valence-electron chi connectivity index (χ4n) is 4.94. The highest BCUT2D eigenvalue weighted by Gasteiger charge is 2.24. The highest BCUT2D eigenvalue weighted by molar-refractivity contribution is 5.80. The van der Waals surface area contributed by atoms with E-state index in [-0.39, 0.29) is 0 Å². The zero-order chi connectivity index (χ0) is 23.0. The third-order valence-electron chi connectivity index (χ3n) is 6.69. The van der Waals surface area contributed by atoms with Gasteiger partial charge in [0, 0.05) is 17.4 Å². The molecule has 0 aliphatic heterocycles. The Morgan fingerprint density at radius 2 is 0.971 bits per heavy atom. The van der Waals surface area contributed by atoms with Crippen molar-refractivity contribution in [3.63, 3.8) is 0 Å². The SMILES string of the molecule is C(C=C(c1ccccc1)c1ccccc1)=C1CCC(N(c2ccccc2)c2ccccc2)CC1. The topological polar surface area (TPSA) is 3.24 Å². The van der Waals surface area contributed by atoms with Gasteiger partial charge in [-0.3, -0.25) is 0 Å². The summed E-state index contributed by atoms with van der Waals surface area (Å²) in [4.78, 5) is 2.53. The normalized spacial score (nSPS) is 15.4. The molecule has 4 aromatic carbocycles. The van der Waals surface area contributed by atoms with E-state index in [1.165, 1.54) is 28.1 Å². The summed E-state index contributed by atoms with van der Waals surface area (Å²) in [7, 11) is 0. The van der Waals surface area contributed by atoms with E-state index in [0.29, 0.717) is 6.04 Å². The van der Waals surface area contributed by atoms with E-state index in [2.05, 4.69) is 138 Å². The summed E-state index contributed by atoms with van der Waals surface area (Å²) in [6.07, 6.45) is 9.29. The molecule has 0 radical (unpaired) electrons. The van der Waals surface area contributed by atoms with Crippen molar-refractivity contribution in [2.75, 3.05) is 4.90 Å². The largest absolute Gasteiger partial charge is 0.338 e. The van der Waals surface area contributed by atoms with Gasteiger partial charge in [0.05, 0.1) is 0 Å². The van der Waals surface area contributed by atoms with Crippen LogP contribution in [0.4, 0.5) is 11.4 Å². The van der Waals surface area contributed by atoms with Crippen molar-refractivity contribution in [2.24, 2.45) is 0 Å². The van der Waals surface area contributed by atoms with E-state index >= 15 is 0 Å². The summed E-state index contributed by atoms with van der Waals surface area (Å²) in [5.74, 6) is 0. The van der Waals surface area contributed by atoms with Crippen LogP contribution in [0.25, 0.3) is 5.57 Å². The van der Waals surface area contributed by atoms with Crippen molar-refractivity contribution in [2.45, 2.75) is 31.7 Å². The molecule has 0 aromatic heterocycles. The van der Waals surface area contributed by atoms with Crippen LogP contribution in [-0.2, 0) is 0 Å². The van der Waals surface area contributed by atoms with Gasteiger partial charge in [-0.25, -0.2) is 0 Å². The van der Waals surface area contributed by atoms with Gasteiger partial charge < -0.3 is 4.90 Å².